The Morgan fingerprint density at radius 3 is 2.55 bits per heavy atom. The summed E-state index contributed by atoms with van der Waals surface area (Å²) in [5.74, 6) is -0.317. The number of aliphatic hydroxyl groups excluding tert-OH is 5. The van der Waals surface area contributed by atoms with Gasteiger partial charge in [0.15, 0.2) is 17.8 Å². The molecule has 0 radical (unpaired) electrons. The summed E-state index contributed by atoms with van der Waals surface area (Å²) >= 11 is 0. The molecule has 158 valence electrons. The maximum Gasteiger partial charge on any atom is 0.186 e. The second kappa shape index (κ2) is 7.85. The molecule has 4 rings (SSSR count). The fraction of sp³-hybridized carbons (Fsp3) is 0.500. The predicted octanol–water partition coefficient (Wildman–Crippen LogP) is 0.424. The standard InChI is InChI=1S/C20H24O9/c21-11-3-1-9-6-16(29-20-18(26)17(25)14(24)8-27-20)19(28-15(9)7-11)10-2-4-12(22)13(23)5-10/h1,3-5,7,10,14,16-26H,2,6,8H2. The quantitative estimate of drug-likeness (QED) is 0.418. The molecule has 1 fully saturated rings. The third-order valence-corrected chi connectivity index (χ3v) is 5.50. The number of rotatable bonds is 3. The van der Waals surface area contributed by atoms with Crippen LogP contribution in [-0.2, 0) is 15.9 Å². The Kier molecular flexibility index (Phi) is 5.41. The first kappa shape index (κ1) is 20.0. The fourth-order valence-electron chi connectivity index (χ4n) is 3.87. The van der Waals surface area contributed by atoms with Gasteiger partial charge < -0.3 is 44.8 Å². The van der Waals surface area contributed by atoms with Crippen LogP contribution in [0.15, 0.2) is 41.9 Å². The summed E-state index contributed by atoms with van der Waals surface area (Å²) in [6, 6.07) is 4.72. The lowest BCUT2D eigenvalue weighted by Crippen LogP contribution is -2.56. The summed E-state index contributed by atoms with van der Waals surface area (Å²) in [6.07, 6.45) is -2.79. The van der Waals surface area contributed by atoms with E-state index in [0.29, 0.717) is 18.6 Å². The molecule has 0 spiro atoms. The van der Waals surface area contributed by atoms with E-state index in [0.717, 1.165) is 5.56 Å². The molecule has 3 aliphatic rings. The molecule has 9 nitrogen and oxygen atoms in total. The Morgan fingerprint density at radius 2 is 1.79 bits per heavy atom. The van der Waals surface area contributed by atoms with Crippen LogP contribution in [0.2, 0.25) is 0 Å². The Labute approximate surface area is 166 Å². The maximum atomic E-state index is 10.2. The first-order chi connectivity index (χ1) is 13.8. The van der Waals surface area contributed by atoms with Crippen LogP contribution in [0.25, 0.3) is 0 Å². The Morgan fingerprint density at radius 1 is 1.00 bits per heavy atom. The molecule has 0 amide bonds. The average molecular weight is 408 g/mol. The van der Waals surface area contributed by atoms with Crippen molar-refractivity contribution in [1.82, 2.24) is 0 Å². The highest BCUT2D eigenvalue weighted by atomic mass is 16.7. The van der Waals surface area contributed by atoms with Gasteiger partial charge in [-0.1, -0.05) is 6.07 Å². The summed E-state index contributed by atoms with van der Waals surface area (Å²) in [6.45, 7) is -0.188. The zero-order valence-electron chi connectivity index (χ0n) is 15.5. The van der Waals surface area contributed by atoms with Crippen molar-refractivity contribution in [3.8, 4) is 11.5 Å². The van der Waals surface area contributed by atoms with Crippen molar-refractivity contribution in [1.29, 1.82) is 0 Å². The zero-order valence-corrected chi connectivity index (χ0v) is 15.5. The second-order valence-electron chi connectivity index (χ2n) is 7.54. The van der Waals surface area contributed by atoms with E-state index < -0.39 is 36.8 Å². The lowest BCUT2D eigenvalue weighted by atomic mass is 9.86. The molecule has 1 aromatic rings. The van der Waals surface area contributed by atoms with Gasteiger partial charge in [0.2, 0.25) is 0 Å². The third-order valence-electron chi connectivity index (χ3n) is 5.50. The third kappa shape index (κ3) is 3.92. The van der Waals surface area contributed by atoms with Crippen molar-refractivity contribution in [3.05, 3.63) is 47.4 Å². The van der Waals surface area contributed by atoms with Crippen LogP contribution in [0.4, 0.5) is 0 Å². The molecule has 1 aliphatic carbocycles. The molecule has 29 heavy (non-hydrogen) atoms. The smallest absolute Gasteiger partial charge is 0.186 e. The molecule has 7 atom stereocenters. The zero-order chi connectivity index (χ0) is 20.7. The maximum absolute atomic E-state index is 10.2. The highest BCUT2D eigenvalue weighted by molar-refractivity contribution is 5.42. The monoisotopic (exact) mass is 408 g/mol. The van der Waals surface area contributed by atoms with Crippen LogP contribution in [0.3, 0.4) is 0 Å². The van der Waals surface area contributed by atoms with Gasteiger partial charge in [-0.25, -0.2) is 0 Å². The van der Waals surface area contributed by atoms with Crippen LogP contribution in [0.5, 0.6) is 11.5 Å². The topological polar surface area (TPSA) is 149 Å². The van der Waals surface area contributed by atoms with E-state index >= 15 is 0 Å². The summed E-state index contributed by atoms with van der Waals surface area (Å²) in [5.41, 5.74) is 0.775. The van der Waals surface area contributed by atoms with Crippen molar-refractivity contribution in [2.24, 2.45) is 5.92 Å². The number of aromatic hydroxyl groups is 1. The lowest BCUT2D eigenvalue weighted by molar-refractivity contribution is -0.291. The Balaban J connectivity index is 1.59. The SMILES string of the molecule is OC1=CCC(C2Oc3cc(O)ccc3CC2OC2OCC(O)C(O)C2O)C=C1O. The van der Waals surface area contributed by atoms with Crippen molar-refractivity contribution in [3.63, 3.8) is 0 Å². The molecule has 2 heterocycles. The molecule has 9 heteroatoms. The minimum absolute atomic E-state index is 0.0459. The fourth-order valence-corrected chi connectivity index (χ4v) is 3.87. The van der Waals surface area contributed by atoms with Crippen molar-refractivity contribution >= 4 is 0 Å². The number of aliphatic hydroxyl groups is 5. The number of hydrogen-bond acceptors (Lipinski definition) is 9. The van der Waals surface area contributed by atoms with Gasteiger partial charge in [-0.15, -0.1) is 0 Å². The second-order valence-corrected chi connectivity index (χ2v) is 7.54. The normalized spacial score (nSPS) is 37.1. The first-order valence-electron chi connectivity index (χ1n) is 9.43. The number of hydrogen-bond donors (Lipinski definition) is 6. The first-order valence-corrected chi connectivity index (χ1v) is 9.43. The molecule has 7 unspecified atom stereocenters. The van der Waals surface area contributed by atoms with Gasteiger partial charge in [0.25, 0.3) is 0 Å². The minimum Gasteiger partial charge on any atom is -0.508 e. The number of phenols is 1. The molecule has 0 aromatic heterocycles. The highest BCUT2D eigenvalue weighted by Crippen LogP contribution is 2.38. The molecular formula is C20H24O9. The Hall–Kier alpha value is -2.30. The largest absolute Gasteiger partial charge is 0.508 e. The van der Waals surface area contributed by atoms with Crippen LogP contribution in [0.1, 0.15) is 12.0 Å². The van der Waals surface area contributed by atoms with Crippen molar-refractivity contribution in [2.45, 2.75) is 49.7 Å². The van der Waals surface area contributed by atoms with E-state index in [1.807, 2.05) is 0 Å². The van der Waals surface area contributed by atoms with Crippen LogP contribution in [-0.4, -0.2) is 74.1 Å². The summed E-state index contributed by atoms with van der Waals surface area (Å²) in [4.78, 5) is 0. The predicted molar refractivity (Wildman–Crippen MR) is 98.4 cm³/mol. The summed E-state index contributed by atoms with van der Waals surface area (Å²) in [7, 11) is 0. The van der Waals surface area contributed by atoms with Gasteiger partial charge >= 0.3 is 0 Å². The molecule has 6 N–H and O–H groups in total. The number of allylic oxidation sites excluding steroid dienone is 1. The van der Waals surface area contributed by atoms with E-state index in [1.165, 1.54) is 24.3 Å². The van der Waals surface area contributed by atoms with E-state index in [-0.39, 0.29) is 29.8 Å². The van der Waals surface area contributed by atoms with Crippen molar-refractivity contribution < 1.29 is 44.8 Å². The number of benzene rings is 1. The van der Waals surface area contributed by atoms with E-state index in [1.54, 1.807) is 6.07 Å². The molecule has 2 aliphatic heterocycles. The molecule has 0 bridgehead atoms. The Bertz CT molecular complexity index is 820. The number of phenolic OH excluding ortho intramolecular Hbond substituents is 1. The minimum atomic E-state index is -1.44. The van der Waals surface area contributed by atoms with Crippen LogP contribution < -0.4 is 4.74 Å². The van der Waals surface area contributed by atoms with Gasteiger partial charge in [-0.3, -0.25) is 0 Å². The van der Waals surface area contributed by atoms with Gasteiger partial charge in [0.05, 0.1) is 6.61 Å². The number of ether oxygens (including phenoxy) is 3. The van der Waals surface area contributed by atoms with Gasteiger partial charge in [0.1, 0.15) is 42.0 Å². The van der Waals surface area contributed by atoms with E-state index in [4.69, 9.17) is 14.2 Å². The van der Waals surface area contributed by atoms with Crippen LogP contribution in [0, 0.1) is 5.92 Å². The molecule has 1 saturated heterocycles. The van der Waals surface area contributed by atoms with Crippen molar-refractivity contribution in [2.75, 3.05) is 6.61 Å². The number of fused-ring (bicyclic) bond motifs is 1. The molecular weight excluding hydrogens is 384 g/mol. The molecule has 0 saturated carbocycles. The summed E-state index contributed by atoms with van der Waals surface area (Å²) < 4.78 is 17.4. The van der Waals surface area contributed by atoms with Crippen LogP contribution >= 0.6 is 0 Å². The van der Waals surface area contributed by atoms with E-state index in [2.05, 4.69) is 0 Å². The average Bonchev–Trinajstić information content (AvgIpc) is 2.70. The summed E-state index contributed by atoms with van der Waals surface area (Å²) in [5, 5.41) is 59.1. The van der Waals surface area contributed by atoms with Gasteiger partial charge in [-0.05, 0) is 30.2 Å². The lowest BCUT2D eigenvalue weighted by Gasteiger charge is -2.42. The van der Waals surface area contributed by atoms with E-state index in [9.17, 15) is 30.6 Å². The van der Waals surface area contributed by atoms with Gasteiger partial charge in [0, 0.05) is 18.4 Å². The molecule has 1 aromatic carbocycles. The van der Waals surface area contributed by atoms with Gasteiger partial charge in [-0.2, -0.15) is 0 Å². The highest BCUT2D eigenvalue weighted by Gasteiger charge is 2.43.